The first-order valence-corrected chi connectivity index (χ1v) is 8.99. The highest BCUT2D eigenvalue weighted by Crippen LogP contribution is 2.17. The van der Waals surface area contributed by atoms with Crippen molar-refractivity contribution in [1.29, 1.82) is 0 Å². The van der Waals surface area contributed by atoms with Crippen LogP contribution in [0.2, 0.25) is 0 Å². The first kappa shape index (κ1) is 15.5. The molecule has 1 aromatic carbocycles. The second-order valence-electron chi connectivity index (χ2n) is 5.36. The van der Waals surface area contributed by atoms with Crippen LogP contribution in [-0.2, 0) is 22.3 Å². The van der Waals surface area contributed by atoms with Crippen molar-refractivity contribution in [1.82, 2.24) is 9.62 Å². The van der Waals surface area contributed by atoms with Crippen LogP contribution in [0, 0.1) is 0 Å². The molecule has 0 aliphatic carbocycles. The van der Waals surface area contributed by atoms with Gasteiger partial charge in [-0.3, -0.25) is 0 Å². The highest BCUT2D eigenvalue weighted by molar-refractivity contribution is 7.88. The number of sulfonamides is 1. The summed E-state index contributed by atoms with van der Waals surface area (Å²) < 4.78 is 26.2. The van der Waals surface area contributed by atoms with Crippen molar-refractivity contribution in [3.8, 4) is 0 Å². The van der Waals surface area contributed by atoms with Crippen LogP contribution in [0.15, 0.2) is 24.3 Å². The first-order chi connectivity index (χ1) is 9.62. The molecule has 0 bridgehead atoms. The zero-order chi connectivity index (χ0) is 14.4. The topological polar surface area (TPSA) is 49.4 Å². The molecule has 0 aromatic heterocycles. The fraction of sp³-hybridized carbons (Fsp3) is 0.600. The smallest absolute Gasteiger partial charge is 0.218 e. The summed E-state index contributed by atoms with van der Waals surface area (Å²) in [6.45, 7) is 5.27. The van der Waals surface area contributed by atoms with Gasteiger partial charge in [0.25, 0.3) is 0 Å². The van der Waals surface area contributed by atoms with E-state index >= 15 is 0 Å². The summed E-state index contributed by atoms with van der Waals surface area (Å²) in [6.07, 6.45) is 3.07. The van der Waals surface area contributed by atoms with Gasteiger partial charge >= 0.3 is 0 Å². The van der Waals surface area contributed by atoms with E-state index in [0.29, 0.717) is 13.1 Å². The molecule has 112 valence electrons. The van der Waals surface area contributed by atoms with Crippen molar-refractivity contribution in [3.05, 3.63) is 35.4 Å². The molecule has 4 nitrogen and oxygen atoms in total. The average molecular weight is 296 g/mol. The Morgan fingerprint density at radius 3 is 2.60 bits per heavy atom. The van der Waals surface area contributed by atoms with Gasteiger partial charge in [0.15, 0.2) is 0 Å². The molecule has 20 heavy (non-hydrogen) atoms. The van der Waals surface area contributed by atoms with E-state index in [0.717, 1.165) is 43.5 Å². The van der Waals surface area contributed by atoms with E-state index in [2.05, 4.69) is 12.2 Å². The molecule has 1 fully saturated rings. The number of rotatable bonds is 7. The molecule has 1 aliphatic rings. The second kappa shape index (κ2) is 7.20. The number of hydrogen-bond acceptors (Lipinski definition) is 3. The Hall–Kier alpha value is -0.910. The third-order valence-electron chi connectivity index (χ3n) is 3.55. The average Bonchev–Trinajstić information content (AvgIpc) is 2.94. The summed E-state index contributed by atoms with van der Waals surface area (Å²) in [5, 5.41) is 3.34. The Bertz CT molecular complexity index is 522. The summed E-state index contributed by atoms with van der Waals surface area (Å²) >= 11 is 0. The third-order valence-corrected chi connectivity index (χ3v) is 5.40. The zero-order valence-corrected chi connectivity index (χ0v) is 13.0. The molecule has 1 heterocycles. The number of nitrogens with zero attached hydrogens (tertiary/aromatic N) is 1. The van der Waals surface area contributed by atoms with Gasteiger partial charge in [0, 0.05) is 19.6 Å². The third kappa shape index (κ3) is 4.30. The summed E-state index contributed by atoms with van der Waals surface area (Å²) in [5.74, 6) is 0.120. The van der Waals surface area contributed by atoms with Gasteiger partial charge in [-0.2, -0.15) is 0 Å². The predicted molar refractivity (Wildman–Crippen MR) is 81.9 cm³/mol. The Morgan fingerprint density at radius 2 is 1.90 bits per heavy atom. The van der Waals surface area contributed by atoms with E-state index in [4.69, 9.17) is 0 Å². The second-order valence-corrected chi connectivity index (χ2v) is 7.33. The van der Waals surface area contributed by atoms with Crippen molar-refractivity contribution < 1.29 is 8.42 Å². The van der Waals surface area contributed by atoms with E-state index in [9.17, 15) is 8.42 Å². The van der Waals surface area contributed by atoms with Gasteiger partial charge in [0.05, 0.1) is 5.75 Å². The van der Waals surface area contributed by atoms with Crippen LogP contribution in [0.3, 0.4) is 0 Å². The fourth-order valence-electron chi connectivity index (χ4n) is 2.51. The lowest BCUT2D eigenvalue weighted by atomic mass is 10.1. The molecule has 0 amide bonds. The highest BCUT2D eigenvalue weighted by atomic mass is 32.2. The summed E-state index contributed by atoms with van der Waals surface area (Å²) in [4.78, 5) is 0. The van der Waals surface area contributed by atoms with Crippen LogP contribution >= 0.6 is 0 Å². The lowest BCUT2D eigenvalue weighted by Gasteiger charge is -2.15. The van der Waals surface area contributed by atoms with Gasteiger partial charge in [0.2, 0.25) is 10.0 Å². The first-order valence-electron chi connectivity index (χ1n) is 7.38. The summed E-state index contributed by atoms with van der Waals surface area (Å²) in [7, 11) is -3.14. The SMILES string of the molecule is CCCNCc1cccc(CS(=O)(=O)N2CCCC2)c1. The largest absolute Gasteiger partial charge is 0.313 e. The van der Waals surface area contributed by atoms with Gasteiger partial charge in [-0.15, -0.1) is 0 Å². The zero-order valence-electron chi connectivity index (χ0n) is 12.1. The van der Waals surface area contributed by atoms with Crippen molar-refractivity contribution in [2.24, 2.45) is 0 Å². The van der Waals surface area contributed by atoms with Crippen LogP contribution in [0.5, 0.6) is 0 Å². The van der Waals surface area contributed by atoms with Crippen LogP contribution in [0.1, 0.15) is 37.3 Å². The Labute approximate surface area is 122 Å². The van der Waals surface area contributed by atoms with Crippen LogP contribution in [0.25, 0.3) is 0 Å². The molecular weight excluding hydrogens is 272 g/mol. The minimum atomic E-state index is -3.14. The maximum absolute atomic E-state index is 12.3. The van der Waals surface area contributed by atoms with Gasteiger partial charge in [-0.05, 0) is 36.9 Å². The van der Waals surface area contributed by atoms with Crippen LogP contribution < -0.4 is 5.32 Å². The minimum absolute atomic E-state index is 0.120. The van der Waals surface area contributed by atoms with Crippen LogP contribution in [-0.4, -0.2) is 32.4 Å². The molecule has 5 heteroatoms. The molecule has 0 saturated carbocycles. The Morgan fingerprint density at radius 1 is 1.20 bits per heavy atom. The normalized spacial score (nSPS) is 16.6. The lowest BCUT2D eigenvalue weighted by molar-refractivity contribution is 0.476. The quantitative estimate of drug-likeness (QED) is 0.784. The van der Waals surface area contributed by atoms with Crippen molar-refractivity contribution in [2.75, 3.05) is 19.6 Å². The van der Waals surface area contributed by atoms with Gasteiger partial charge < -0.3 is 5.32 Å². The predicted octanol–water partition coefficient (Wildman–Crippen LogP) is 2.11. The number of nitrogens with one attached hydrogen (secondary N) is 1. The maximum Gasteiger partial charge on any atom is 0.218 e. The molecular formula is C15H24N2O2S. The van der Waals surface area contributed by atoms with Gasteiger partial charge in [-0.25, -0.2) is 12.7 Å². The standard InChI is InChI=1S/C15H24N2O2S/c1-2-8-16-12-14-6-5-7-15(11-14)13-20(18,19)17-9-3-4-10-17/h5-7,11,16H,2-4,8-10,12-13H2,1H3. The Balaban J connectivity index is 2.00. The molecule has 1 saturated heterocycles. The van der Waals surface area contributed by atoms with Gasteiger partial charge in [0.1, 0.15) is 0 Å². The molecule has 0 atom stereocenters. The summed E-state index contributed by atoms with van der Waals surface area (Å²) in [5.41, 5.74) is 2.03. The van der Waals surface area contributed by atoms with E-state index in [-0.39, 0.29) is 5.75 Å². The van der Waals surface area contributed by atoms with Crippen LogP contribution in [0.4, 0.5) is 0 Å². The molecule has 1 aliphatic heterocycles. The molecule has 0 spiro atoms. The highest BCUT2D eigenvalue weighted by Gasteiger charge is 2.25. The van der Waals surface area contributed by atoms with E-state index in [1.165, 1.54) is 0 Å². The molecule has 1 N–H and O–H groups in total. The van der Waals surface area contributed by atoms with Crippen molar-refractivity contribution >= 4 is 10.0 Å². The fourth-order valence-corrected chi connectivity index (χ4v) is 4.11. The van der Waals surface area contributed by atoms with Gasteiger partial charge in [-0.1, -0.05) is 31.2 Å². The monoisotopic (exact) mass is 296 g/mol. The molecule has 0 unspecified atom stereocenters. The van der Waals surface area contributed by atoms with E-state index in [1.807, 2.05) is 24.3 Å². The van der Waals surface area contributed by atoms with E-state index in [1.54, 1.807) is 4.31 Å². The van der Waals surface area contributed by atoms with Crippen molar-refractivity contribution in [3.63, 3.8) is 0 Å². The number of benzene rings is 1. The molecule has 1 aromatic rings. The minimum Gasteiger partial charge on any atom is -0.313 e. The van der Waals surface area contributed by atoms with E-state index < -0.39 is 10.0 Å². The maximum atomic E-state index is 12.3. The summed E-state index contributed by atoms with van der Waals surface area (Å²) in [6, 6.07) is 7.87. The number of hydrogen-bond donors (Lipinski definition) is 1. The lowest BCUT2D eigenvalue weighted by Crippen LogP contribution is -2.29. The molecule has 2 rings (SSSR count). The Kier molecular flexibility index (Phi) is 5.57. The molecule has 0 radical (unpaired) electrons. The van der Waals surface area contributed by atoms with Crippen molar-refractivity contribution in [2.45, 2.75) is 38.5 Å².